The van der Waals surface area contributed by atoms with Crippen molar-refractivity contribution in [3.8, 4) is 0 Å². The van der Waals surface area contributed by atoms with E-state index in [0.29, 0.717) is 18.8 Å². The fourth-order valence-corrected chi connectivity index (χ4v) is 4.57. The molecular formula is C20H26N2O4S. The SMILES string of the molecule is Cc1ccoc1C(=O)N1CCN(S(=O)(=O)c2ccc(C(C)(C)C)cc2)CC1. The molecule has 0 aliphatic carbocycles. The first-order valence-electron chi connectivity index (χ1n) is 9.05. The lowest BCUT2D eigenvalue weighted by Crippen LogP contribution is -2.50. The molecule has 146 valence electrons. The molecule has 1 aliphatic heterocycles. The molecule has 0 saturated carbocycles. The number of nitrogens with zero attached hydrogens (tertiary/aromatic N) is 2. The van der Waals surface area contributed by atoms with Crippen LogP contribution in [0.1, 0.15) is 42.5 Å². The molecule has 0 N–H and O–H groups in total. The minimum absolute atomic E-state index is 0.0295. The molecule has 0 radical (unpaired) electrons. The number of carbonyl (C=O) groups is 1. The largest absolute Gasteiger partial charge is 0.459 e. The third kappa shape index (κ3) is 3.94. The van der Waals surface area contributed by atoms with Gasteiger partial charge in [-0.2, -0.15) is 4.31 Å². The van der Waals surface area contributed by atoms with Gasteiger partial charge < -0.3 is 9.32 Å². The Balaban J connectivity index is 1.69. The van der Waals surface area contributed by atoms with Crippen molar-refractivity contribution >= 4 is 15.9 Å². The van der Waals surface area contributed by atoms with Crippen molar-refractivity contribution in [3.63, 3.8) is 0 Å². The fraction of sp³-hybridized carbons (Fsp3) is 0.450. The maximum Gasteiger partial charge on any atom is 0.289 e. The highest BCUT2D eigenvalue weighted by Crippen LogP contribution is 2.25. The standard InChI is InChI=1S/C20H26N2O4S/c1-15-9-14-26-18(15)19(23)21-10-12-22(13-11-21)27(24,25)17-7-5-16(6-8-17)20(2,3)4/h5-9,14H,10-13H2,1-4H3. The van der Waals surface area contributed by atoms with Crippen LogP contribution in [0.4, 0.5) is 0 Å². The van der Waals surface area contributed by atoms with Gasteiger partial charge in [-0.05, 0) is 36.1 Å². The highest BCUT2D eigenvalue weighted by Gasteiger charge is 2.31. The zero-order valence-electron chi connectivity index (χ0n) is 16.2. The molecule has 1 amide bonds. The number of furan rings is 1. The molecule has 3 rings (SSSR count). The maximum atomic E-state index is 12.9. The van der Waals surface area contributed by atoms with Gasteiger partial charge in [0.05, 0.1) is 11.2 Å². The molecule has 0 unspecified atom stereocenters. The summed E-state index contributed by atoms with van der Waals surface area (Å²) in [6, 6.07) is 8.81. The first-order valence-corrected chi connectivity index (χ1v) is 10.5. The van der Waals surface area contributed by atoms with Gasteiger partial charge in [0, 0.05) is 31.7 Å². The number of sulfonamides is 1. The van der Waals surface area contributed by atoms with Crippen LogP contribution in [0.15, 0.2) is 45.9 Å². The number of carbonyl (C=O) groups excluding carboxylic acids is 1. The Hall–Kier alpha value is -2.12. The average molecular weight is 391 g/mol. The first-order chi connectivity index (χ1) is 12.6. The summed E-state index contributed by atoms with van der Waals surface area (Å²) in [7, 11) is -3.56. The Morgan fingerprint density at radius 3 is 2.07 bits per heavy atom. The number of hydrogen-bond donors (Lipinski definition) is 0. The Morgan fingerprint density at radius 2 is 1.59 bits per heavy atom. The highest BCUT2D eigenvalue weighted by molar-refractivity contribution is 7.89. The molecule has 1 aromatic carbocycles. The molecule has 2 heterocycles. The van der Waals surface area contributed by atoms with E-state index in [4.69, 9.17) is 4.42 Å². The number of benzene rings is 1. The summed E-state index contributed by atoms with van der Waals surface area (Å²) in [5.74, 6) is 0.133. The Morgan fingerprint density at radius 1 is 1.00 bits per heavy atom. The van der Waals surface area contributed by atoms with Crippen LogP contribution < -0.4 is 0 Å². The van der Waals surface area contributed by atoms with E-state index < -0.39 is 10.0 Å². The summed E-state index contributed by atoms with van der Waals surface area (Å²) in [6.07, 6.45) is 1.49. The van der Waals surface area contributed by atoms with Crippen molar-refractivity contribution in [1.82, 2.24) is 9.21 Å². The van der Waals surface area contributed by atoms with Gasteiger partial charge >= 0.3 is 0 Å². The van der Waals surface area contributed by atoms with E-state index in [0.717, 1.165) is 11.1 Å². The van der Waals surface area contributed by atoms with Crippen LogP contribution in [0.3, 0.4) is 0 Å². The van der Waals surface area contributed by atoms with Gasteiger partial charge in [0.15, 0.2) is 5.76 Å². The summed E-state index contributed by atoms with van der Waals surface area (Å²) in [5, 5.41) is 0. The van der Waals surface area contributed by atoms with Crippen molar-refractivity contribution < 1.29 is 17.6 Å². The minimum Gasteiger partial charge on any atom is -0.459 e. The number of hydrogen-bond acceptors (Lipinski definition) is 4. The molecular weight excluding hydrogens is 364 g/mol. The van der Waals surface area contributed by atoms with E-state index in [9.17, 15) is 13.2 Å². The van der Waals surface area contributed by atoms with Crippen LogP contribution in [0, 0.1) is 6.92 Å². The molecule has 0 bridgehead atoms. The van der Waals surface area contributed by atoms with Gasteiger partial charge in [-0.1, -0.05) is 32.9 Å². The summed E-state index contributed by atoms with van der Waals surface area (Å²) >= 11 is 0. The number of piperazine rings is 1. The van der Waals surface area contributed by atoms with Crippen LogP contribution in [0.5, 0.6) is 0 Å². The smallest absolute Gasteiger partial charge is 0.289 e. The van der Waals surface area contributed by atoms with E-state index in [2.05, 4.69) is 20.8 Å². The lowest BCUT2D eigenvalue weighted by Gasteiger charge is -2.33. The lowest BCUT2D eigenvalue weighted by atomic mass is 9.87. The van der Waals surface area contributed by atoms with E-state index in [1.165, 1.54) is 10.6 Å². The molecule has 1 saturated heterocycles. The van der Waals surface area contributed by atoms with Crippen molar-refractivity contribution in [2.75, 3.05) is 26.2 Å². The third-order valence-corrected chi connectivity index (χ3v) is 6.85. The Bertz CT molecular complexity index is 916. The Kier molecular flexibility index (Phi) is 5.18. The first kappa shape index (κ1) is 19.6. The summed E-state index contributed by atoms with van der Waals surface area (Å²) < 4.78 is 32.5. The summed E-state index contributed by atoms with van der Waals surface area (Å²) in [4.78, 5) is 14.4. The van der Waals surface area contributed by atoms with Crippen LogP contribution in [0.2, 0.25) is 0 Å². The maximum absolute atomic E-state index is 12.9. The molecule has 1 aromatic heterocycles. The zero-order valence-corrected chi connectivity index (χ0v) is 17.0. The van der Waals surface area contributed by atoms with Gasteiger partial charge in [0.2, 0.25) is 10.0 Å². The molecule has 0 spiro atoms. The molecule has 7 heteroatoms. The van der Waals surface area contributed by atoms with E-state index in [1.54, 1.807) is 23.1 Å². The molecule has 2 aromatic rings. The minimum atomic E-state index is -3.56. The second-order valence-electron chi connectivity index (χ2n) is 7.90. The van der Waals surface area contributed by atoms with Gasteiger partial charge in [-0.3, -0.25) is 4.79 Å². The zero-order chi connectivity index (χ0) is 19.8. The Labute approximate surface area is 160 Å². The average Bonchev–Trinajstić information content (AvgIpc) is 3.06. The quantitative estimate of drug-likeness (QED) is 0.808. The monoisotopic (exact) mass is 390 g/mol. The van der Waals surface area contributed by atoms with Crippen LogP contribution in [-0.4, -0.2) is 49.7 Å². The fourth-order valence-electron chi connectivity index (χ4n) is 3.14. The normalized spacial score (nSPS) is 16.5. The summed E-state index contributed by atoms with van der Waals surface area (Å²) in [6.45, 7) is 9.33. The third-order valence-electron chi connectivity index (χ3n) is 4.94. The lowest BCUT2D eigenvalue weighted by molar-refractivity contribution is 0.0665. The number of aryl methyl sites for hydroxylation is 1. The van der Waals surface area contributed by atoms with E-state index in [1.807, 2.05) is 19.1 Å². The summed E-state index contributed by atoms with van der Waals surface area (Å²) in [5.41, 5.74) is 1.85. The van der Waals surface area contributed by atoms with E-state index >= 15 is 0 Å². The van der Waals surface area contributed by atoms with Crippen molar-refractivity contribution in [2.45, 2.75) is 38.0 Å². The van der Waals surface area contributed by atoms with E-state index in [-0.39, 0.29) is 29.3 Å². The second kappa shape index (κ2) is 7.13. The van der Waals surface area contributed by atoms with Crippen molar-refractivity contribution in [3.05, 3.63) is 53.5 Å². The van der Waals surface area contributed by atoms with Gasteiger partial charge in [0.25, 0.3) is 5.91 Å². The predicted molar refractivity (Wildman–Crippen MR) is 103 cm³/mol. The number of rotatable bonds is 3. The molecule has 1 aliphatic rings. The molecule has 27 heavy (non-hydrogen) atoms. The van der Waals surface area contributed by atoms with Crippen molar-refractivity contribution in [2.24, 2.45) is 0 Å². The highest BCUT2D eigenvalue weighted by atomic mass is 32.2. The van der Waals surface area contributed by atoms with Crippen LogP contribution in [-0.2, 0) is 15.4 Å². The van der Waals surface area contributed by atoms with Gasteiger partial charge in [-0.25, -0.2) is 8.42 Å². The van der Waals surface area contributed by atoms with Gasteiger partial charge in [-0.15, -0.1) is 0 Å². The molecule has 1 fully saturated rings. The molecule has 6 nitrogen and oxygen atoms in total. The van der Waals surface area contributed by atoms with Crippen LogP contribution in [0.25, 0.3) is 0 Å². The van der Waals surface area contributed by atoms with Crippen LogP contribution >= 0.6 is 0 Å². The predicted octanol–water partition coefficient (Wildman–Crippen LogP) is 3.03. The number of amides is 1. The second-order valence-corrected chi connectivity index (χ2v) is 9.84. The molecule has 0 atom stereocenters. The topological polar surface area (TPSA) is 70.8 Å². The van der Waals surface area contributed by atoms with Gasteiger partial charge in [0.1, 0.15) is 0 Å². The van der Waals surface area contributed by atoms with Crippen molar-refractivity contribution in [1.29, 1.82) is 0 Å².